The van der Waals surface area contributed by atoms with Crippen molar-refractivity contribution in [3.63, 3.8) is 0 Å². The highest BCUT2D eigenvalue weighted by atomic mass is 16.5. The molecule has 1 heterocycles. The number of rotatable bonds is 4. The lowest BCUT2D eigenvalue weighted by Crippen LogP contribution is -2.67. The van der Waals surface area contributed by atoms with E-state index >= 15 is 0 Å². The quantitative estimate of drug-likeness (QED) is 0.803. The molecular formula is C22H29NO5. The summed E-state index contributed by atoms with van der Waals surface area (Å²) in [5.41, 5.74) is -0.622. The zero-order chi connectivity index (χ0) is 19.9. The molecule has 0 aromatic heterocycles. The predicted molar refractivity (Wildman–Crippen MR) is 103 cm³/mol. The summed E-state index contributed by atoms with van der Waals surface area (Å²) in [7, 11) is 1.63. The van der Waals surface area contributed by atoms with Gasteiger partial charge >= 0.3 is 5.97 Å². The first kappa shape index (κ1) is 19.2. The summed E-state index contributed by atoms with van der Waals surface area (Å²) in [4.78, 5) is 26.1. The van der Waals surface area contributed by atoms with Crippen LogP contribution in [0.4, 0.5) is 0 Å². The van der Waals surface area contributed by atoms with E-state index in [1.54, 1.807) is 7.11 Å². The van der Waals surface area contributed by atoms with E-state index in [0.29, 0.717) is 38.8 Å². The number of nitrogens with zero attached hydrogens (tertiary/aromatic N) is 1. The number of ether oxygens (including phenoxy) is 2. The molecule has 0 spiro atoms. The summed E-state index contributed by atoms with van der Waals surface area (Å²) >= 11 is 0. The van der Waals surface area contributed by atoms with Crippen molar-refractivity contribution in [3.8, 4) is 5.75 Å². The fourth-order valence-electron chi connectivity index (χ4n) is 5.17. The second-order valence-corrected chi connectivity index (χ2v) is 8.60. The molecular weight excluding hydrogens is 358 g/mol. The van der Waals surface area contributed by atoms with Crippen molar-refractivity contribution in [2.24, 2.45) is 5.92 Å². The smallest absolute Gasteiger partial charge is 0.302 e. The Labute approximate surface area is 165 Å². The molecule has 2 saturated carbocycles. The van der Waals surface area contributed by atoms with E-state index < -0.39 is 11.0 Å². The minimum Gasteiger partial charge on any atom is -0.497 e. The second-order valence-electron chi connectivity index (χ2n) is 8.60. The van der Waals surface area contributed by atoms with Crippen LogP contribution in [0, 0.1) is 5.92 Å². The highest BCUT2D eigenvalue weighted by Gasteiger charge is 2.59. The number of aliphatic hydroxyl groups is 1. The molecule has 1 aromatic rings. The first-order valence-corrected chi connectivity index (χ1v) is 10.2. The average Bonchev–Trinajstić information content (AvgIpc) is 3.52. The van der Waals surface area contributed by atoms with E-state index in [2.05, 4.69) is 0 Å². The lowest BCUT2D eigenvalue weighted by molar-refractivity contribution is -0.172. The van der Waals surface area contributed by atoms with E-state index in [-0.39, 0.29) is 23.9 Å². The standard InChI is InChI=1S/C22H29NO5/c1-15(24)28-19-8-9-22(26)14-23(20(25)16-6-7-16)11-10-21(22,13-19)17-4-3-5-18(12-17)27-2/h3-5,12,16,19,26H,6-11,13-14H2,1-2H3/t19?,21-,22-/m1/s1. The van der Waals surface area contributed by atoms with Gasteiger partial charge in [-0.2, -0.15) is 0 Å². The number of piperidine rings is 1. The molecule has 6 heteroatoms. The first-order valence-electron chi connectivity index (χ1n) is 10.2. The largest absolute Gasteiger partial charge is 0.497 e. The highest BCUT2D eigenvalue weighted by Crippen LogP contribution is 2.53. The summed E-state index contributed by atoms with van der Waals surface area (Å²) < 4.78 is 11.0. The van der Waals surface area contributed by atoms with E-state index in [0.717, 1.165) is 24.2 Å². The van der Waals surface area contributed by atoms with Crippen LogP contribution in [0.5, 0.6) is 5.75 Å². The van der Waals surface area contributed by atoms with E-state index in [4.69, 9.17) is 9.47 Å². The third-order valence-electron chi connectivity index (χ3n) is 6.80. The SMILES string of the molecule is COc1cccc([C@]23CCN(C(=O)C4CC4)C[C@]2(O)CCC(OC(C)=O)C3)c1. The predicted octanol–water partition coefficient (Wildman–Crippen LogP) is 2.42. The normalized spacial score (nSPS) is 32.4. The van der Waals surface area contributed by atoms with Gasteiger partial charge in [0.25, 0.3) is 0 Å². The molecule has 1 saturated heterocycles. The molecule has 2 aliphatic carbocycles. The number of fused-ring (bicyclic) bond motifs is 1. The van der Waals surface area contributed by atoms with Crippen LogP contribution in [0.25, 0.3) is 0 Å². The van der Waals surface area contributed by atoms with Crippen molar-refractivity contribution in [2.45, 2.75) is 62.6 Å². The van der Waals surface area contributed by atoms with Crippen molar-refractivity contribution < 1.29 is 24.2 Å². The van der Waals surface area contributed by atoms with Gasteiger partial charge in [-0.1, -0.05) is 12.1 Å². The number of carbonyl (C=O) groups is 2. The van der Waals surface area contributed by atoms with Gasteiger partial charge in [0.15, 0.2) is 0 Å². The zero-order valence-electron chi connectivity index (χ0n) is 16.6. The summed E-state index contributed by atoms with van der Waals surface area (Å²) in [6, 6.07) is 7.80. The minimum absolute atomic E-state index is 0.144. The lowest BCUT2D eigenvalue weighted by Gasteiger charge is -2.57. The maximum absolute atomic E-state index is 12.7. The van der Waals surface area contributed by atoms with Crippen LogP contribution in [-0.2, 0) is 19.7 Å². The van der Waals surface area contributed by atoms with Gasteiger partial charge < -0.3 is 19.5 Å². The summed E-state index contributed by atoms with van der Waals surface area (Å²) in [5.74, 6) is 0.762. The molecule has 0 radical (unpaired) electrons. The average molecular weight is 387 g/mol. The van der Waals surface area contributed by atoms with Gasteiger partial charge in [-0.25, -0.2) is 0 Å². The number of esters is 1. The molecule has 1 unspecified atom stereocenters. The van der Waals surface area contributed by atoms with Crippen molar-refractivity contribution in [1.29, 1.82) is 0 Å². The number of amides is 1. The van der Waals surface area contributed by atoms with Crippen LogP contribution in [0.1, 0.15) is 51.0 Å². The minimum atomic E-state index is -1.04. The molecule has 3 atom stereocenters. The summed E-state index contributed by atoms with van der Waals surface area (Å²) in [6.45, 7) is 2.38. The third-order valence-corrected chi connectivity index (χ3v) is 6.80. The maximum atomic E-state index is 12.7. The molecule has 0 bridgehead atoms. The Morgan fingerprint density at radius 2 is 2.00 bits per heavy atom. The molecule has 28 heavy (non-hydrogen) atoms. The zero-order valence-corrected chi connectivity index (χ0v) is 16.6. The van der Waals surface area contributed by atoms with Crippen molar-refractivity contribution in [2.75, 3.05) is 20.2 Å². The fourth-order valence-corrected chi connectivity index (χ4v) is 5.17. The number of methoxy groups -OCH3 is 1. The Bertz CT molecular complexity index is 776. The van der Waals surface area contributed by atoms with Crippen LogP contribution >= 0.6 is 0 Å². The fraction of sp³-hybridized carbons (Fsp3) is 0.636. The van der Waals surface area contributed by atoms with Gasteiger partial charge in [-0.3, -0.25) is 9.59 Å². The van der Waals surface area contributed by atoms with Crippen LogP contribution in [0.2, 0.25) is 0 Å². The number of likely N-dealkylation sites (tertiary alicyclic amines) is 1. The number of β-amino-alcohol motifs (C(OH)–C–C–N with tert-alkyl or cyclic N) is 1. The third kappa shape index (κ3) is 3.28. The van der Waals surface area contributed by atoms with E-state index in [1.807, 2.05) is 29.2 Å². The van der Waals surface area contributed by atoms with Gasteiger partial charge in [0.05, 0.1) is 19.3 Å². The Morgan fingerprint density at radius 1 is 1.21 bits per heavy atom. The number of hydrogen-bond donors (Lipinski definition) is 1. The Kier molecular flexibility index (Phi) is 4.86. The molecule has 1 N–H and O–H groups in total. The Hall–Kier alpha value is -2.08. The second kappa shape index (κ2) is 7.07. The number of hydrogen-bond acceptors (Lipinski definition) is 5. The van der Waals surface area contributed by atoms with E-state index in [9.17, 15) is 14.7 Å². The van der Waals surface area contributed by atoms with Crippen LogP contribution in [-0.4, -0.2) is 53.8 Å². The van der Waals surface area contributed by atoms with Crippen LogP contribution in [0.15, 0.2) is 24.3 Å². The van der Waals surface area contributed by atoms with Crippen LogP contribution in [0.3, 0.4) is 0 Å². The molecule has 6 nitrogen and oxygen atoms in total. The molecule has 1 aliphatic heterocycles. The van der Waals surface area contributed by atoms with Gasteiger partial charge in [-0.05, 0) is 56.2 Å². The molecule has 1 amide bonds. The maximum Gasteiger partial charge on any atom is 0.302 e. The van der Waals surface area contributed by atoms with Gasteiger partial charge in [0.1, 0.15) is 11.9 Å². The topological polar surface area (TPSA) is 76.1 Å². The molecule has 4 rings (SSSR count). The number of benzene rings is 1. The molecule has 152 valence electrons. The molecule has 3 fully saturated rings. The van der Waals surface area contributed by atoms with Gasteiger partial charge in [0.2, 0.25) is 5.91 Å². The van der Waals surface area contributed by atoms with Crippen LogP contribution < -0.4 is 4.74 Å². The van der Waals surface area contributed by atoms with Crippen molar-refractivity contribution in [1.82, 2.24) is 4.90 Å². The van der Waals surface area contributed by atoms with Gasteiger partial charge in [-0.15, -0.1) is 0 Å². The molecule has 1 aromatic carbocycles. The lowest BCUT2D eigenvalue weighted by atomic mass is 9.55. The Balaban J connectivity index is 1.69. The highest BCUT2D eigenvalue weighted by molar-refractivity contribution is 5.81. The first-order chi connectivity index (χ1) is 13.4. The van der Waals surface area contributed by atoms with Gasteiger partial charge in [0, 0.05) is 24.8 Å². The monoisotopic (exact) mass is 387 g/mol. The number of carbonyl (C=O) groups excluding carboxylic acids is 2. The van der Waals surface area contributed by atoms with E-state index in [1.165, 1.54) is 6.92 Å². The van der Waals surface area contributed by atoms with Crippen molar-refractivity contribution >= 4 is 11.9 Å². The van der Waals surface area contributed by atoms with Crippen molar-refractivity contribution in [3.05, 3.63) is 29.8 Å². The Morgan fingerprint density at radius 3 is 2.68 bits per heavy atom. The molecule has 3 aliphatic rings. The summed E-state index contributed by atoms with van der Waals surface area (Å²) in [5, 5.41) is 11.9. The summed E-state index contributed by atoms with van der Waals surface area (Å²) in [6.07, 6.45) is 4.00.